The van der Waals surface area contributed by atoms with Gasteiger partial charge in [-0.25, -0.2) is 0 Å². The average molecular weight is 188 g/mol. The van der Waals surface area contributed by atoms with E-state index in [2.05, 4.69) is 45.0 Å². The van der Waals surface area contributed by atoms with Crippen LogP contribution in [0.3, 0.4) is 0 Å². The second-order valence-corrected chi connectivity index (χ2v) is 4.26. The van der Waals surface area contributed by atoms with Gasteiger partial charge in [0.25, 0.3) is 0 Å². The lowest BCUT2D eigenvalue weighted by atomic mass is 10.0. The molecule has 0 aromatic carbocycles. The zero-order chi connectivity index (χ0) is 10.5. The summed E-state index contributed by atoms with van der Waals surface area (Å²) in [6, 6.07) is 0.518. The van der Waals surface area contributed by atoms with E-state index < -0.39 is 0 Å². The molecule has 3 nitrogen and oxygen atoms in total. The molecule has 3 heteroatoms. The van der Waals surface area contributed by atoms with Gasteiger partial charge in [-0.1, -0.05) is 6.92 Å². The van der Waals surface area contributed by atoms with Gasteiger partial charge >= 0.3 is 0 Å². The van der Waals surface area contributed by atoms with Gasteiger partial charge in [0.1, 0.15) is 0 Å². The van der Waals surface area contributed by atoms with Crippen LogP contribution < -0.4 is 5.32 Å². The van der Waals surface area contributed by atoms with Crippen LogP contribution in [0.5, 0.6) is 0 Å². The van der Waals surface area contributed by atoms with Gasteiger partial charge in [-0.05, 0) is 34.4 Å². The predicted molar refractivity (Wildman–Crippen MR) is 56.9 cm³/mol. The largest absolute Gasteiger partial charge is 0.394 e. The highest BCUT2D eigenvalue weighted by Gasteiger charge is 2.24. The van der Waals surface area contributed by atoms with Crippen molar-refractivity contribution in [2.75, 3.05) is 26.7 Å². The highest BCUT2D eigenvalue weighted by molar-refractivity contribution is 4.85. The Balaban J connectivity index is 4.09. The fourth-order valence-electron chi connectivity index (χ4n) is 1.32. The zero-order valence-corrected chi connectivity index (χ0v) is 9.59. The number of aliphatic hydroxyl groups excluding tert-OH is 1. The molecule has 0 saturated heterocycles. The third kappa shape index (κ3) is 4.60. The highest BCUT2D eigenvalue weighted by atomic mass is 16.3. The normalized spacial score (nSPS) is 16.6. The van der Waals surface area contributed by atoms with Crippen molar-refractivity contribution in [2.45, 2.75) is 39.3 Å². The standard InChI is InChI=1S/C10H24N2O/c1-6-11-10(4,8-13)7-12(5)9(2)3/h9,11,13H,6-8H2,1-5H3. The minimum atomic E-state index is -0.173. The Morgan fingerprint density at radius 1 is 1.46 bits per heavy atom. The average Bonchev–Trinajstić information content (AvgIpc) is 2.04. The molecule has 0 radical (unpaired) electrons. The summed E-state index contributed by atoms with van der Waals surface area (Å²) < 4.78 is 0. The van der Waals surface area contributed by atoms with E-state index in [1.165, 1.54) is 0 Å². The maximum absolute atomic E-state index is 9.26. The monoisotopic (exact) mass is 188 g/mol. The lowest BCUT2D eigenvalue weighted by Gasteiger charge is -2.34. The van der Waals surface area contributed by atoms with Crippen molar-refractivity contribution in [3.8, 4) is 0 Å². The molecule has 0 heterocycles. The Kier molecular flexibility index (Phi) is 5.53. The number of nitrogens with one attached hydrogen (secondary N) is 1. The zero-order valence-electron chi connectivity index (χ0n) is 9.59. The molecule has 0 amide bonds. The van der Waals surface area contributed by atoms with Crippen molar-refractivity contribution in [2.24, 2.45) is 0 Å². The molecular formula is C10H24N2O. The van der Waals surface area contributed by atoms with Gasteiger partial charge < -0.3 is 15.3 Å². The van der Waals surface area contributed by atoms with E-state index in [0.29, 0.717) is 6.04 Å². The number of rotatable bonds is 6. The van der Waals surface area contributed by atoms with Gasteiger partial charge in [0.15, 0.2) is 0 Å². The van der Waals surface area contributed by atoms with Crippen molar-refractivity contribution in [3.05, 3.63) is 0 Å². The summed E-state index contributed by atoms with van der Waals surface area (Å²) in [4.78, 5) is 2.24. The van der Waals surface area contributed by atoms with Crippen LogP contribution >= 0.6 is 0 Å². The summed E-state index contributed by atoms with van der Waals surface area (Å²) >= 11 is 0. The second-order valence-electron chi connectivity index (χ2n) is 4.26. The van der Waals surface area contributed by atoms with Crippen LogP contribution in [0, 0.1) is 0 Å². The number of hydrogen-bond donors (Lipinski definition) is 2. The summed E-state index contributed by atoms with van der Waals surface area (Å²) in [5.74, 6) is 0. The Labute approximate surface area is 82.1 Å². The molecular weight excluding hydrogens is 164 g/mol. The van der Waals surface area contributed by atoms with Crippen molar-refractivity contribution >= 4 is 0 Å². The predicted octanol–water partition coefficient (Wildman–Crippen LogP) is 0.687. The van der Waals surface area contributed by atoms with Gasteiger partial charge in [0.05, 0.1) is 12.1 Å². The molecule has 0 aromatic rings. The fraction of sp³-hybridized carbons (Fsp3) is 1.00. The minimum Gasteiger partial charge on any atom is -0.394 e. The molecule has 0 aliphatic carbocycles. The Bertz CT molecular complexity index is 139. The molecule has 0 saturated carbocycles. The van der Waals surface area contributed by atoms with Crippen molar-refractivity contribution in [3.63, 3.8) is 0 Å². The molecule has 80 valence electrons. The Hall–Kier alpha value is -0.120. The lowest BCUT2D eigenvalue weighted by Crippen LogP contribution is -2.54. The van der Waals surface area contributed by atoms with Crippen LogP contribution in [0.2, 0.25) is 0 Å². The first kappa shape index (κ1) is 12.9. The molecule has 0 rings (SSSR count). The highest BCUT2D eigenvalue weighted by Crippen LogP contribution is 2.06. The van der Waals surface area contributed by atoms with Crippen molar-refractivity contribution in [1.82, 2.24) is 10.2 Å². The number of aliphatic hydroxyl groups is 1. The van der Waals surface area contributed by atoms with Crippen molar-refractivity contribution in [1.29, 1.82) is 0 Å². The summed E-state index contributed by atoms with van der Waals surface area (Å²) in [7, 11) is 2.08. The topological polar surface area (TPSA) is 35.5 Å². The summed E-state index contributed by atoms with van der Waals surface area (Å²) in [5, 5.41) is 12.6. The second kappa shape index (κ2) is 5.58. The van der Waals surface area contributed by atoms with Crippen molar-refractivity contribution < 1.29 is 5.11 Å². The van der Waals surface area contributed by atoms with E-state index in [0.717, 1.165) is 13.1 Å². The molecule has 0 spiro atoms. The maximum atomic E-state index is 9.26. The van der Waals surface area contributed by atoms with Gasteiger partial charge in [-0.2, -0.15) is 0 Å². The van der Waals surface area contributed by atoms with Gasteiger partial charge in [0, 0.05) is 12.6 Å². The smallest absolute Gasteiger partial charge is 0.0623 e. The number of likely N-dealkylation sites (N-methyl/N-ethyl adjacent to an activating group) is 2. The quantitative estimate of drug-likeness (QED) is 0.643. The third-order valence-electron chi connectivity index (χ3n) is 2.43. The van der Waals surface area contributed by atoms with Crippen LogP contribution in [0.15, 0.2) is 0 Å². The molecule has 1 unspecified atom stereocenters. The molecule has 0 bridgehead atoms. The van der Waals surface area contributed by atoms with Crippen LogP contribution in [0.25, 0.3) is 0 Å². The van der Waals surface area contributed by atoms with Crippen LogP contribution in [-0.4, -0.2) is 48.3 Å². The summed E-state index contributed by atoms with van der Waals surface area (Å²) in [6.45, 7) is 10.4. The molecule has 13 heavy (non-hydrogen) atoms. The number of nitrogens with zero attached hydrogens (tertiary/aromatic N) is 1. The maximum Gasteiger partial charge on any atom is 0.0623 e. The molecule has 0 aromatic heterocycles. The first-order valence-corrected chi connectivity index (χ1v) is 5.01. The van der Waals surface area contributed by atoms with E-state index in [-0.39, 0.29) is 12.1 Å². The van der Waals surface area contributed by atoms with Crippen LogP contribution in [-0.2, 0) is 0 Å². The molecule has 0 fully saturated rings. The molecule has 1 atom stereocenters. The van der Waals surface area contributed by atoms with Gasteiger partial charge in [-0.15, -0.1) is 0 Å². The van der Waals surface area contributed by atoms with E-state index in [4.69, 9.17) is 0 Å². The van der Waals surface area contributed by atoms with E-state index >= 15 is 0 Å². The SMILES string of the molecule is CCNC(C)(CO)CN(C)C(C)C. The first-order chi connectivity index (χ1) is 5.95. The summed E-state index contributed by atoms with van der Waals surface area (Å²) in [6.07, 6.45) is 0. The minimum absolute atomic E-state index is 0.173. The number of hydrogen-bond acceptors (Lipinski definition) is 3. The third-order valence-corrected chi connectivity index (χ3v) is 2.43. The molecule has 0 aliphatic rings. The molecule has 2 N–H and O–H groups in total. The van der Waals surface area contributed by atoms with E-state index in [9.17, 15) is 5.11 Å². The lowest BCUT2D eigenvalue weighted by molar-refractivity contribution is 0.120. The summed E-state index contributed by atoms with van der Waals surface area (Å²) in [5.41, 5.74) is -0.173. The van der Waals surface area contributed by atoms with Crippen LogP contribution in [0.4, 0.5) is 0 Å². The van der Waals surface area contributed by atoms with Gasteiger partial charge in [-0.3, -0.25) is 0 Å². The van der Waals surface area contributed by atoms with E-state index in [1.54, 1.807) is 0 Å². The molecule has 0 aliphatic heterocycles. The van der Waals surface area contributed by atoms with Gasteiger partial charge in [0.2, 0.25) is 0 Å². The first-order valence-electron chi connectivity index (χ1n) is 5.01. The Morgan fingerprint density at radius 3 is 2.31 bits per heavy atom. The van der Waals surface area contributed by atoms with Crippen LogP contribution in [0.1, 0.15) is 27.7 Å². The fourth-order valence-corrected chi connectivity index (χ4v) is 1.32. The van der Waals surface area contributed by atoms with E-state index in [1.807, 2.05) is 0 Å². The Morgan fingerprint density at radius 2 is 2.00 bits per heavy atom.